The molecule has 2 aromatic rings. The second-order valence-electron chi connectivity index (χ2n) is 3.31. The summed E-state index contributed by atoms with van der Waals surface area (Å²) in [6.45, 7) is 2.19. The fraction of sp³-hybridized carbons (Fsp3) is 0.167. The van der Waals surface area contributed by atoms with E-state index in [2.05, 4.69) is 31.2 Å². The largest absolute Gasteiger partial charge is 0.398 e. The third-order valence-electron chi connectivity index (χ3n) is 2.15. The highest BCUT2D eigenvalue weighted by atomic mass is 32.2. The Morgan fingerprint density at radius 2 is 1.93 bits per heavy atom. The molecule has 0 saturated carbocycles. The van der Waals surface area contributed by atoms with Gasteiger partial charge in [-0.3, -0.25) is 0 Å². The minimum absolute atomic E-state index is 0.424. The second kappa shape index (κ2) is 4.73. The summed E-state index contributed by atoms with van der Waals surface area (Å²) in [5, 5.41) is 2.47. The molecular formula is C12H13NS2. The monoisotopic (exact) mass is 235 g/mol. The lowest BCUT2D eigenvalue weighted by Crippen LogP contribution is -1.90. The smallest absolute Gasteiger partial charge is 0.0466 e. The molecule has 15 heavy (non-hydrogen) atoms. The Balaban J connectivity index is 2.11. The van der Waals surface area contributed by atoms with Crippen molar-refractivity contribution in [1.82, 2.24) is 0 Å². The molecule has 2 rings (SSSR count). The highest BCUT2D eigenvalue weighted by molar-refractivity contribution is 7.99. The summed E-state index contributed by atoms with van der Waals surface area (Å²) in [7, 11) is 0. The number of thiophene rings is 1. The molecule has 0 aliphatic carbocycles. The molecule has 0 aliphatic heterocycles. The molecule has 78 valence electrons. The van der Waals surface area contributed by atoms with E-state index in [4.69, 9.17) is 5.73 Å². The van der Waals surface area contributed by atoms with Gasteiger partial charge in [-0.25, -0.2) is 0 Å². The van der Waals surface area contributed by atoms with Gasteiger partial charge in [-0.2, -0.15) is 0 Å². The van der Waals surface area contributed by atoms with Crippen LogP contribution >= 0.6 is 23.1 Å². The summed E-state index contributed by atoms with van der Waals surface area (Å²) in [5.41, 5.74) is 6.81. The normalized spacial score (nSPS) is 12.6. The van der Waals surface area contributed by atoms with Crippen molar-refractivity contribution >= 4 is 28.8 Å². The van der Waals surface area contributed by atoms with Crippen LogP contribution in [-0.4, -0.2) is 0 Å². The van der Waals surface area contributed by atoms with Crippen LogP contribution in [0.2, 0.25) is 0 Å². The predicted octanol–water partition coefficient (Wildman–Crippen LogP) is 4.18. The summed E-state index contributed by atoms with van der Waals surface area (Å²) >= 11 is 3.58. The summed E-state index contributed by atoms with van der Waals surface area (Å²) in [5.74, 6) is 0. The van der Waals surface area contributed by atoms with Crippen molar-refractivity contribution < 1.29 is 0 Å². The van der Waals surface area contributed by atoms with Gasteiger partial charge in [0.25, 0.3) is 0 Å². The molecule has 1 aromatic carbocycles. The molecule has 3 heteroatoms. The predicted molar refractivity (Wildman–Crippen MR) is 69.4 cm³/mol. The molecular weight excluding hydrogens is 222 g/mol. The summed E-state index contributed by atoms with van der Waals surface area (Å²) in [4.78, 5) is 2.56. The maximum atomic E-state index is 5.89. The molecule has 2 N–H and O–H groups in total. The van der Waals surface area contributed by atoms with Crippen LogP contribution in [0.15, 0.2) is 46.7 Å². The molecule has 1 aromatic heterocycles. The number of thioether (sulfide) groups is 1. The minimum atomic E-state index is 0.424. The lowest BCUT2D eigenvalue weighted by molar-refractivity contribution is 1.14. The van der Waals surface area contributed by atoms with Crippen LogP contribution in [0.3, 0.4) is 0 Å². The Kier molecular flexibility index (Phi) is 3.34. The van der Waals surface area contributed by atoms with E-state index in [0.717, 1.165) is 5.69 Å². The number of nitrogen functional groups attached to an aromatic ring is 1. The quantitative estimate of drug-likeness (QED) is 0.807. The Hall–Kier alpha value is -0.930. The van der Waals surface area contributed by atoms with E-state index < -0.39 is 0 Å². The van der Waals surface area contributed by atoms with Gasteiger partial charge in [-0.15, -0.1) is 23.1 Å². The van der Waals surface area contributed by atoms with Crippen molar-refractivity contribution in [3.8, 4) is 0 Å². The van der Waals surface area contributed by atoms with Crippen molar-refractivity contribution in [2.24, 2.45) is 0 Å². The zero-order chi connectivity index (χ0) is 10.7. The van der Waals surface area contributed by atoms with Gasteiger partial charge >= 0.3 is 0 Å². The third-order valence-corrected chi connectivity index (χ3v) is 4.55. The Labute approximate surface area is 98.3 Å². The zero-order valence-corrected chi connectivity index (χ0v) is 10.1. The fourth-order valence-electron chi connectivity index (χ4n) is 1.42. The first kappa shape index (κ1) is 10.6. The van der Waals surface area contributed by atoms with Gasteiger partial charge in [0.1, 0.15) is 0 Å². The maximum Gasteiger partial charge on any atom is 0.0466 e. The summed E-state index contributed by atoms with van der Waals surface area (Å²) in [6.07, 6.45) is 0. The molecule has 0 aliphatic rings. The van der Waals surface area contributed by atoms with Gasteiger partial charge in [-0.1, -0.05) is 18.2 Å². The lowest BCUT2D eigenvalue weighted by atomic mass is 10.3. The van der Waals surface area contributed by atoms with E-state index in [0.29, 0.717) is 5.25 Å². The van der Waals surface area contributed by atoms with E-state index in [9.17, 15) is 0 Å². The van der Waals surface area contributed by atoms with E-state index in [-0.39, 0.29) is 0 Å². The fourth-order valence-corrected chi connectivity index (χ4v) is 3.45. The van der Waals surface area contributed by atoms with Crippen molar-refractivity contribution in [2.45, 2.75) is 17.1 Å². The lowest BCUT2D eigenvalue weighted by Gasteiger charge is -2.10. The van der Waals surface area contributed by atoms with Crippen LogP contribution in [0.4, 0.5) is 5.69 Å². The minimum Gasteiger partial charge on any atom is -0.398 e. The van der Waals surface area contributed by atoms with Crippen molar-refractivity contribution in [3.63, 3.8) is 0 Å². The number of anilines is 1. The Morgan fingerprint density at radius 1 is 1.20 bits per heavy atom. The van der Waals surface area contributed by atoms with Crippen molar-refractivity contribution in [3.05, 3.63) is 46.7 Å². The summed E-state index contributed by atoms with van der Waals surface area (Å²) in [6, 6.07) is 12.4. The van der Waals surface area contributed by atoms with Crippen LogP contribution in [0.1, 0.15) is 17.1 Å². The Morgan fingerprint density at radius 3 is 2.53 bits per heavy atom. The first-order chi connectivity index (χ1) is 7.27. The van der Waals surface area contributed by atoms with Gasteiger partial charge in [0, 0.05) is 20.7 Å². The van der Waals surface area contributed by atoms with E-state index in [1.165, 1.54) is 9.77 Å². The Bertz CT molecular complexity index is 422. The first-order valence-corrected chi connectivity index (χ1v) is 6.58. The van der Waals surface area contributed by atoms with Gasteiger partial charge in [0.2, 0.25) is 0 Å². The molecule has 0 fully saturated rings. The van der Waals surface area contributed by atoms with Gasteiger partial charge < -0.3 is 5.73 Å². The topological polar surface area (TPSA) is 26.0 Å². The zero-order valence-electron chi connectivity index (χ0n) is 8.51. The first-order valence-electron chi connectivity index (χ1n) is 4.82. The SMILES string of the molecule is CC(Sc1ccccc1)c1sccc1N. The molecule has 1 unspecified atom stereocenters. The van der Waals surface area contributed by atoms with Crippen LogP contribution in [0.25, 0.3) is 0 Å². The molecule has 1 atom stereocenters. The van der Waals surface area contributed by atoms with Crippen LogP contribution in [0.5, 0.6) is 0 Å². The number of benzene rings is 1. The maximum absolute atomic E-state index is 5.89. The number of hydrogen-bond acceptors (Lipinski definition) is 3. The number of nitrogens with two attached hydrogens (primary N) is 1. The third kappa shape index (κ3) is 2.55. The summed E-state index contributed by atoms with van der Waals surface area (Å²) < 4.78 is 0. The molecule has 0 spiro atoms. The molecule has 0 saturated heterocycles. The number of hydrogen-bond donors (Lipinski definition) is 1. The van der Waals surface area contributed by atoms with E-state index in [1.807, 2.05) is 29.3 Å². The van der Waals surface area contributed by atoms with Gasteiger partial charge in [0.15, 0.2) is 0 Å². The van der Waals surface area contributed by atoms with Crippen molar-refractivity contribution in [2.75, 3.05) is 5.73 Å². The number of rotatable bonds is 3. The molecule has 1 nitrogen and oxygen atoms in total. The highest BCUT2D eigenvalue weighted by Gasteiger charge is 2.11. The average Bonchev–Trinajstić information content (AvgIpc) is 2.66. The highest BCUT2D eigenvalue weighted by Crippen LogP contribution is 2.39. The van der Waals surface area contributed by atoms with Gasteiger partial charge in [0.05, 0.1) is 0 Å². The molecule has 0 bridgehead atoms. The van der Waals surface area contributed by atoms with Crippen LogP contribution in [-0.2, 0) is 0 Å². The van der Waals surface area contributed by atoms with E-state index >= 15 is 0 Å². The average molecular weight is 235 g/mol. The van der Waals surface area contributed by atoms with Crippen LogP contribution < -0.4 is 5.73 Å². The van der Waals surface area contributed by atoms with Gasteiger partial charge in [-0.05, 0) is 30.5 Å². The molecule has 1 heterocycles. The van der Waals surface area contributed by atoms with Crippen LogP contribution in [0, 0.1) is 0 Å². The standard InChI is InChI=1S/C12H13NS2/c1-9(12-11(13)7-8-14-12)15-10-5-3-2-4-6-10/h2-9H,13H2,1H3. The molecule has 0 amide bonds. The van der Waals surface area contributed by atoms with E-state index in [1.54, 1.807) is 11.3 Å². The second-order valence-corrected chi connectivity index (χ2v) is 5.68. The molecule has 0 radical (unpaired) electrons. The van der Waals surface area contributed by atoms with Crippen molar-refractivity contribution in [1.29, 1.82) is 0 Å².